The number of methoxy groups -OCH3 is 1. The van der Waals surface area contributed by atoms with Gasteiger partial charge in [0.1, 0.15) is 5.75 Å². The predicted octanol–water partition coefficient (Wildman–Crippen LogP) is 3.02. The maximum Gasteiger partial charge on any atom is 0.122 e. The molecule has 1 atom stereocenters. The molecule has 1 unspecified atom stereocenters. The smallest absolute Gasteiger partial charge is 0.122 e. The molecule has 0 radical (unpaired) electrons. The van der Waals surface area contributed by atoms with Crippen LogP contribution in [0.5, 0.6) is 5.75 Å². The van der Waals surface area contributed by atoms with Crippen LogP contribution in [-0.2, 0) is 6.42 Å². The monoisotopic (exact) mass is 233 g/mol. The second kappa shape index (κ2) is 6.06. The summed E-state index contributed by atoms with van der Waals surface area (Å²) < 4.78 is 5.41. The van der Waals surface area contributed by atoms with Crippen molar-refractivity contribution in [1.29, 1.82) is 0 Å². The lowest BCUT2D eigenvalue weighted by Crippen LogP contribution is -2.32. The van der Waals surface area contributed by atoms with Crippen molar-refractivity contribution in [2.75, 3.05) is 14.2 Å². The normalized spacial score (nSPS) is 17.5. The summed E-state index contributed by atoms with van der Waals surface area (Å²) in [5, 5.41) is 3.45. The van der Waals surface area contributed by atoms with E-state index in [1.807, 2.05) is 12.1 Å². The average molecular weight is 233 g/mol. The number of hydrogen-bond donors (Lipinski definition) is 1. The quantitative estimate of drug-likeness (QED) is 0.815. The molecule has 1 aromatic rings. The summed E-state index contributed by atoms with van der Waals surface area (Å²) in [5.74, 6) is 1.96. The number of nitrogens with one attached hydrogen (secondary N) is 1. The van der Waals surface area contributed by atoms with E-state index in [1.54, 1.807) is 7.11 Å². The molecule has 1 aromatic carbocycles. The van der Waals surface area contributed by atoms with Crippen LogP contribution in [0.15, 0.2) is 24.3 Å². The Morgan fingerprint density at radius 3 is 2.71 bits per heavy atom. The largest absolute Gasteiger partial charge is 0.496 e. The van der Waals surface area contributed by atoms with Gasteiger partial charge in [0.2, 0.25) is 0 Å². The number of hydrogen-bond acceptors (Lipinski definition) is 2. The zero-order valence-corrected chi connectivity index (χ0v) is 10.9. The van der Waals surface area contributed by atoms with Crippen molar-refractivity contribution in [2.45, 2.75) is 38.1 Å². The standard InChI is InChI=1S/C15H23NO/c1-16-14(10-12-6-5-7-12)11-13-8-3-4-9-15(13)17-2/h3-4,8-9,12,14,16H,5-7,10-11H2,1-2H3. The summed E-state index contributed by atoms with van der Waals surface area (Å²) in [4.78, 5) is 0. The van der Waals surface area contributed by atoms with Crippen LogP contribution in [0.2, 0.25) is 0 Å². The van der Waals surface area contributed by atoms with Gasteiger partial charge in [-0.1, -0.05) is 37.5 Å². The Hall–Kier alpha value is -1.02. The van der Waals surface area contributed by atoms with Crippen LogP contribution in [0.4, 0.5) is 0 Å². The first-order valence-electron chi connectivity index (χ1n) is 6.62. The molecule has 2 rings (SSSR count). The van der Waals surface area contributed by atoms with E-state index >= 15 is 0 Å². The first kappa shape index (κ1) is 12.4. The van der Waals surface area contributed by atoms with E-state index in [2.05, 4.69) is 24.5 Å². The van der Waals surface area contributed by atoms with Gasteiger partial charge in [-0.25, -0.2) is 0 Å². The van der Waals surface area contributed by atoms with Crippen molar-refractivity contribution in [2.24, 2.45) is 5.92 Å². The van der Waals surface area contributed by atoms with Gasteiger partial charge in [0.15, 0.2) is 0 Å². The molecule has 94 valence electrons. The molecule has 0 heterocycles. The van der Waals surface area contributed by atoms with Gasteiger partial charge in [-0.2, -0.15) is 0 Å². The van der Waals surface area contributed by atoms with Crippen molar-refractivity contribution in [3.05, 3.63) is 29.8 Å². The Labute approximate surface area is 104 Å². The SMILES string of the molecule is CNC(Cc1ccccc1OC)CC1CCC1. The molecule has 0 amide bonds. The fraction of sp³-hybridized carbons (Fsp3) is 0.600. The summed E-state index contributed by atoms with van der Waals surface area (Å²) in [5.41, 5.74) is 1.31. The van der Waals surface area contributed by atoms with E-state index < -0.39 is 0 Å². The van der Waals surface area contributed by atoms with Crippen LogP contribution < -0.4 is 10.1 Å². The highest BCUT2D eigenvalue weighted by Crippen LogP contribution is 2.31. The Kier molecular flexibility index (Phi) is 4.43. The summed E-state index contributed by atoms with van der Waals surface area (Å²) in [6.45, 7) is 0. The molecule has 0 spiro atoms. The Morgan fingerprint density at radius 2 is 2.12 bits per heavy atom. The van der Waals surface area contributed by atoms with Crippen molar-refractivity contribution in [3.63, 3.8) is 0 Å². The molecule has 0 saturated heterocycles. The molecule has 1 aliphatic carbocycles. The first-order valence-corrected chi connectivity index (χ1v) is 6.62. The maximum atomic E-state index is 5.41. The Balaban J connectivity index is 1.96. The van der Waals surface area contributed by atoms with Gasteiger partial charge in [0.05, 0.1) is 7.11 Å². The number of benzene rings is 1. The number of likely N-dealkylation sites (N-methyl/N-ethyl adjacent to an activating group) is 1. The zero-order valence-electron chi connectivity index (χ0n) is 10.9. The topological polar surface area (TPSA) is 21.3 Å². The van der Waals surface area contributed by atoms with Gasteiger partial charge < -0.3 is 10.1 Å². The lowest BCUT2D eigenvalue weighted by atomic mass is 9.80. The van der Waals surface area contributed by atoms with E-state index in [4.69, 9.17) is 4.74 Å². The molecule has 0 aromatic heterocycles. The number of rotatable bonds is 6. The summed E-state index contributed by atoms with van der Waals surface area (Å²) in [6.07, 6.45) is 6.63. The van der Waals surface area contributed by atoms with Crippen LogP contribution in [0, 0.1) is 5.92 Å². The number of para-hydroxylation sites is 1. The fourth-order valence-electron chi connectivity index (χ4n) is 2.57. The molecule has 1 saturated carbocycles. The summed E-state index contributed by atoms with van der Waals surface area (Å²) >= 11 is 0. The molecule has 1 N–H and O–H groups in total. The van der Waals surface area contributed by atoms with Gasteiger partial charge in [-0.3, -0.25) is 0 Å². The van der Waals surface area contributed by atoms with Crippen LogP contribution in [0.3, 0.4) is 0 Å². The van der Waals surface area contributed by atoms with E-state index in [9.17, 15) is 0 Å². The molecule has 2 heteroatoms. The zero-order chi connectivity index (χ0) is 12.1. The third kappa shape index (κ3) is 3.22. The summed E-state index contributed by atoms with van der Waals surface area (Å²) in [6, 6.07) is 8.92. The molecular weight excluding hydrogens is 210 g/mol. The van der Waals surface area contributed by atoms with Gasteiger partial charge in [-0.15, -0.1) is 0 Å². The average Bonchev–Trinajstić information content (AvgIpc) is 2.32. The van der Waals surface area contributed by atoms with E-state index in [0.29, 0.717) is 6.04 Å². The molecule has 17 heavy (non-hydrogen) atoms. The minimum atomic E-state index is 0.580. The van der Waals surface area contributed by atoms with Crippen LogP contribution in [0.25, 0.3) is 0 Å². The van der Waals surface area contributed by atoms with E-state index in [1.165, 1.54) is 31.2 Å². The second-order valence-electron chi connectivity index (χ2n) is 5.03. The van der Waals surface area contributed by atoms with Crippen molar-refractivity contribution >= 4 is 0 Å². The molecule has 2 nitrogen and oxygen atoms in total. The first-order chi connectivity index (χ1) is 8.33. The van der Waals surface area contributed by atoms with Gasteiger partial charge in [-0.05, 0) is 37.4 Å². The lowest BCUT2D eigenvalue weighted by Gasteiger charge is -2.29. The van der Waals surface area contributed by atoms with Gasteiger partial charge in [0, 0.05) is 6.04 Å². The van der Waals surface area contributed by atoms with Crippen molar-refractivity contribution in [3.8, 4) is 5.75 Å². The molecule has 0 aliphatic heterocycles. The third-order valence-electron chi connectivity index (χ3n) is 3.91. The van der Waals surface area contributed by atoms with Crippen molar-refractivity contribution in [1.82, 2.24) is 5.32 Å². The lowest BCUT2D eigenvalue weighted by molar-refractivity contribution is 0.263. The van der Waals surface area contributed by atoms with E-state index in [-0.39, 0.29) is 0 Å². The fourth-order valence-corrected chi connectivity index (χ4v) is 2.57. The van der Waals surface area contributed by atoms with Crippen molar-refractivity contribution < 1.29 is 4.74 Å². The molecule has 1 fully saturated rings. The van der Waals surface area contributed by atoms with Crippen LogP contribution in [0.1, 0.15) is 31.2 Å². The van der Waals surface area contributed by atoms with Gasteiger partial charge >= 0.3 is 0 Å². The molecule has 0 bridgehead atoms. The minimum Gasteiger partial charge on any atom is -0.496 e. The van der Waals surface area contributed by atoms with Gasteiger partial charge in [0.25, 0.3) is 0 Å². The second-order valence-corrected chi connectivity index (χ2v) is 5.03. The maximum absolute atomic E-state index is 5.41. The Bertz CT molecular complexity index is 347. The highest BCUT2D eigenvalue weighted by atomic mass is 16.5. The third-order valence-corrected chi connectivity index (χ3v) is 3.91. The number of ether oxygens (including phenoxy) is 1. The minimum absolute atomic E-state index is 0.580. The Morgan fingerprint density at radius 1 is 1.35 bits per heavy atom. The predicted molar refractivity (Wildman–Crippen MR) is 71.5 cm³/mol. The molecule has 1 aliphatic rings. The summed E-state index contributed by atoms with van der Waals surface area (Å²) in [7, 11) is 3.82. The van der Waals surface area contributed by atoms with Crippen LogP contribution in [-0.4, -0.2) is 20.2 Å². The highest BCUT2D eigenvalue weighted by molar-refractivity contribution is 5.33. The highest BCUT2D eigenvalue weighted by Gasteiger charge is 2.21. The van der Waals surface area contributed by atoms with Crippen LogP contribution >= 0.6 is 0 Å². The van der Waals surface area contributed by atoms with E-state index in [0.717, 1.165) is 18.1 Å². The molecular formula is C15H23NO.